The fourth-order valence-electron chi connectivity index (χ4n) is 4.97. The minimum absolute atomic E-state index is 0.0295. The number of benzene rings is 3. The lowest BCUT2D eigenvalue weighted by molar-refractivity contribution is -0.138. The van der Waals surface area contributed by atoms with Crippen LogP contribution < -0.4 is 19.9 Å². The number of nitrogens with one attached hydrogen (secondary N) is 1. The number of anilines is 4. The summed E-state index contributed by atoms with van der Waals surface area (Å²) in [4.78, 5) is 21.1. The number of nitrogens with zero attached hydrogens (tertiary/aromatic N) is 7. The molecule has 234 valence electrons. The molecule has 1 aliphatic heterocycles. The van der Waals surface area contributed by atoms with Gasteiger partial charge in [0.05, 0.1) is 28.3 Å². The van der Waals surface area contributed by atoms with E-state index in [4.69, 9.17) is 10.00 Å². The molecule has 46 heavy (non-hydrogen) atoms. The van der Waals surface area contributed by atoms with E-state index in [2.05, 4.69) is 25.3 Å². The molecule has 0 aliphatic carbocycles. The molecule has 0 bridgehead atoms. The van der Waals surface area contributed by atoms with Crippen molar-refractivity contribution >= 4 is 34.2 Å². The molecule has 0 saturated carbocycles. The molecule has 0 atom stereocenters. The predicted molar refractivity (Wildman–Crippen MR) is 157 cm³/mol. The fourth-order valence-corrected chi connectivity index (χ4v) is 4.97. The first-order valence-corrected chi connectivity index (χ1v) is 13.8. The van der Waals surface area contributed by atoms with Gasteiger partial charge in [0.15, 0.2) is 0 Å². The second-order valence-electron chi connectivity index (χ2n) is 10.2. The van der Waals surface area contributed by atoms with Crippen LogP contribution in [0.25, 0.3) is 10.9 Å². The van der Waals surface area contributed by atoms with E-state index < -0.39 is 29.0 Å². The van der Waals surface area contributed by atoms with Crippen LogP contribution in [-0.4, -0.2) is 46.1 Å². The van der Waals surface area contributed by atoms with Crippen molar-refractivity contribution in [2.24, 2.45) is 0 Å². The van der Waals surface area contributed by atoms with Crippen LogP contribution >= 0.6 is 0 Å². The van der Waals surface area contributed by atoms with E-state index in [1.54, 1.807) is 47.5 Å². The second kappa shape index (κ2) is 12.0. The van der Waals surface area contributed by atoms with Gasteiger partial charge in [0.25, 0.3) is 0 Å². The van der Waals surface area contributed by atoms with Crippen molar-refractivity contribution in [3.8, 4) is 17.8 Å². The van der Waals surface area contributed by atoms with Crippen molar-refractivity contribution in [2.75, 3.05) is 41.3 Å². The molecule has 2 aromatic heterocycles. The van der Waals surface area contributed by atoms with Crippen LogP contribution in [0.5, 0.6) is 11.8 Å². The molecule has 1 aliphatic rings. The summed E-state index contributed by atoms with van der Waals surface area (Å²) >= 11 is 0. The fraction of sp³-hybridized carbons (Fsp3) is 0.194. The number of piperazine rings is 1. The molecule has 0 unspecified atom stereocenters. The minimum atomic E-state index is -4.77. The number of aromatic nitrogens is 4. The number of nitriles is 1. The molecule has 0 radical (unpaired) electrons. The molecule has 3 aromatic carbocycles. The number of rotatable bonds is 6. The Balaban J connectivity index is 1.31. The monoisotopic (exact) mass is 636 g/mol. The lowest BCUT2D eigenvalue weighted by Gasteiger charge is -2.36. The molecule has 1 saturated heterocycles. The zero-order valence-electron chi connectivity index (χ0n) is 23.6. The van der Waals surface area contributed by atoms with Gasteiger partial charge in [0, 0.05) is 49.1 Å². The maximum absolute atomic E-state index is 13.6. The van der Waals surface area contributed by atoms with Gasteiger partial charge in [-0.05, 0) is 54.6 Å². The van der Waals surface area contributed by atoms with Gasteiger partial charge in [-0.25, -0.2) is 0 Å². The standard InChI is InChI=1S/C31H22F6N8O/c32-30(33,34)20-4-3-5-22(16-20)44-12-14-45(15-13-44)28-41-27(40-21-9-8-19(18-38)24(17-21)31(35,36)37)42-29(43-28)46-26-10-11-39-25-7-2-1-6-23(25)26/h1-11,16-17H,12-15H2,(H,40,41,42,43). The van der Waals surface area contributed by atoms with Gasteiger partial charge in [-0.2, -0.15) is 46.6 Å². The van der Waals surface area contributed by atoms with Crippen molar-refractivity contribution in [3.05, 3.63) is 95.7 Å². The quantitative estimate of drug-likeness (QED) is 0.194. The summed E-state index contributed by atoms with van der Waals surface area (Å²) < 4.78 is 86.7. The van der Waals surface area contributed by atoms with Crippen LogP contribution in [0.1, 0.15) is 16.7 Å². The third-order valence-electron chi connectivity index (χ3n) is 7.22. The van der Waals surface area contributed by atoms with E-state index >= 15 is 0 Å². The second-order valence-corrected chi connectivity index (χ2v) is 10.2. The summed E-state index contributed by atoms with van der Waals surface area (Å²) in [6.07, 6.45) is -7.71. The summed E-state index contributed by atoms with van der Waals surface area (Å²) in [6, 6.07) is 18.4. The number of fused-ring (bicyclic) bond motifs is 1. The third kappa shape index (κ3) is 6.55. The zero-order valence-corrected chi connectivity index (χ0v) is 23.6. The van der Waals surface area contributed by atoms with Crippen LogP contribution in [0.3, 0.4) is 0 Å². The Morgan fingerprint density at radius 2 is 1.54 bits per heavy atom. The van der Waals surface area contributed by atoms with E-state index in [0.717, 1.165) is 24.3 Å². The molecule has 1 fully saturated rings. The Bertz CT molecular complexity index is 1930. The summed E-state index contributed by atoms with van der Waals surface area (Å²) in [7, 11) is 0. The van der Waals surface area contributed by atoms with E-state index in [1.165, 1.54) is 12.1 Å². The summed E-state index contributed by atoms with van der Waals surface area (Å²) in [5.41, 5.74) is -1.38. The number of alkyl halides is 6. The van der Waals surface area contributed by atoms with Gasteiger partial charge in [-0.15, -0.1) is 0 Å². The summed E-state index contributed by atoms with van der Waals surface area (Å²) in [5, 5.41) is 12.6. The van der Waals surface area contributed by atoms with Crippen LogP contribution in [-0.2, 0) is 12.4 Å². The topological polar surface area (TPSA) is 103 Å². The minimum Gasteiger partial charge on any atom is -0.423 e. The zero-order chi connectivity index (χ0) is 32.5. The predicted octanol–water partition coefficient (Wildman–Crippen LogP) is 7.19. The van der Waals surface area contributed by atoms with E-state index in [9.17, 15) is 26.3 Å². The van der Waals surface area contributed by atoms with Gasteiger partial charge >= 0.3 is 18.4 Å². The van der Waals surface area contributed by atoms with Crippen molar-refractivity contribution in [3.63, 3.8) is 0 Å². The highest BCUT2D eigenvalue weighted by Gasteiger charge is 2.34. The van der Waals surface area contributed by atoms with E-state index in [0.29, 0.717) is 48.5 Å². The Hall–Kier alpha value is -5.65. The van der Waals surface area contributed by atoms with Gasteiger partial charge in [0.2, 0.25) is 11.9 Å². The molecule has 6 rings (SSSR count). The Morgan fingerprint density at radius 3 is 2.28 bits per heavy atom. The molecule has 0 amide bonds. The average molecular weight is 637 g/mol. The number of hydrogen-bond acceptors (Lipinski definition) is 9. The maximum Gasteiger partial charge on any atom is 0.417 e. The van der Waals surface area contributed by atoms with Crippen molar-refractivity contribution in [1.29, 1.82) is 5.26 Å². The summed E-state index contributed by atoms with van der Waals surface area (Å²) in [5.74, 6) is 0.386. The smallest absolute Gasteiger partial charge is 0.417 e. The first-order valence-electron chi connectivity index (χ1n) is 13.8. The number of pyridine rings is 1. The van der Waals surface area contributed by atoms with Gasteiger partial charge in [-0.3, -0.25) is 4.98 Å². The lowest BCUT2D eigenvalue weighted by Crippen LogP contribution is -2.47. The van der Waals surface area contributed by atoms with Crippen molar-refractivity contribution < 1.29 is 31.1 Å². The van der Waals surface area contributed by atoms with Gasteiger partial charge < -0.3 is 19.9 Å². The Kier molecular flexibility index (Phi) is 7.95. The number of hydrogen-bond donors (Lipinski definition) is 1. The van der Waals surface area contributed by atoms with Crippen LogP contribution in [0.15, 0.2) is 79.0 Å². The number of halogens is 6. The van der Waals surface area contributed by atoms with Gasteiger partial charge in [-0.1, -0.05) is 18.2 Å². The normalized spacial score (nSPS) is 13.8. The van der Waals surface area contributed by atoms with Crippen molar-refractivity contribution in [2.45, 2.75) is 12.4 Å². The molecule has 1 N–H and O–H groups in total. The van der Waals surface area contributed by atoms with E-state index in [-0.39, 0.29) is 23.6 Å². The maximum atomic E-state index is 13.6. The molecule has 0 spiro atoms. The van der Waals surface area contributed by atoms with Crippen LogP contribution in [0.4, 0.5) is 49.6 Å². The van der Waals surface area contributed by atoms with Gasteiger partial charge in [0.1, 0.15) is 5.75 Å². The van der Waals surface area contributed by atoms with Crippen LogP contribution in [0.2, 0.25) is 0 Å². The highest BCUT2D eigenvalue weighted by molar-refractivity contribution is 5.84. The molecule has 5 aromatic rings. The molecule has 15 heteroatoms. The van der Waals surface area contributed by atoms with E-state index in [1.807, 2.05) is 11.0 Å². The van der Waals surface area contributed by atoms with Crippen LogP contribution in [0, 0.1) is 11.3 Å². The van der Waals surface area contributed by atoms with Crippen molar-refractivity contribution in [1.82, 2.24) is 19.9 Å². The lowest BCUT2D eigenvalue weighted by atomic mass is 10.1. The Morgan fingerprint density at radius 1 is 0.783 bits per heavy atom. The SMILES string of the molecule is N#Cc1ccc(Nc2nc(Oc3ccnc4ccccc34)nc(N3CCN(c4cccc(C(F)(F)F)c4)CC3)n2)cc1C(F)(F)F. The highest BCUT2D eigenvalue weighted by atomic mass is 19.4. The Labute approximate surface area is 257 Å². The molecule has 3 heterocycles. The molecular formula is C31H22F6N8O. The number of para-hydroxylation sites is 1. The third-order valence-corrected chi connectivity index (χ3v) is 7.22. The largest absolute Gasteiger partial charge is 0.423 e. The highest BCUT2D eigenvalue weighted by Crippen LogP contribution is 2.35. The molecule has 9 nitrogen and oxygen atoms in total. The average Bonchev–Trinajstić information content (AvgIpc) is 3.04. The first kappa shape index (κ1) is 30.4. The molecular weight excluding hydrogens is 614 g/mol. The number of ether oxygens (including phenoxy) is 1. The first-order chi connectivity index (χ1) is 22.0. The summed E-state index contributed by atoms with van der Waals surface area (Å²) in [6.45, 7) is 1.30.